The van der Waals surface area contributed by atoms with Gasteiger partial charge in [0, 0.05) is 32.2 Å². The summed E-state index contributed by atoms with van der Waals surface area (Å²) in [7, 11) is 0. The maximum atomic E-state index is 10.8. The lowest BCUT2D eigenvalue weighted by Gasteiger charge is -2.32. The molecule has 1 aromatic rings. The Morgan fingerprint density at radius 3 is 2.50 bits per heavy atom. The van der Waals surface area contributed by atoms with Crippen LogP contribution in [0.25, 0.3) is 0 Å². The quantitative estimate of drug-likeness (QED) is 0.667. The van der Waals surface area contributed by atoms with E-state index in [1.807, 2.05) is 0 Å². The van der Waals surface area contributed by atoms with E-state index in [2.05, 4.69) is 25.4 Å². The van der Waals surface area contributed by atoms with Crippen molar-refractivity contribution in [3.8, 4) is 0 Å². The lowest BCUT2D eigenvalue weighted by Crippen LogP contribution is -2.46. The van der Waals surface area contributed by atoms with Crippen LogP contribution in [0.1, 0.15) is 38.5 Å². The van der Waals surface area contributed by atoms with Crippen LogP contribution in [0.2, 0.25) is 0 Å². The van der Waals surface area contributed by atoms with Crippen molar-refractivity contribution in [2.45, 2.75) is 44.6 Å². The molecule has 0 unspecified atom stereocenters. The monoisotopic (exact) mass is 304 g/mol. The minimum atomic E-state index is 0.499. The number of anilines is 2. The molecule has 2 aliphatic rings. The summed E-state index contributed by atoms with van der Waals surface area (Å²) in [6.07, 6.45) is 10.3. The number of aromatic nitrogens is 3. The number of piperazine rings is 1. The highest BCUT2D eigenvalue weighted by atomic mass is 16.1. The van der Waals surface area contributed by atoms with Gasteiger partial charge in [-0.2, -0.15) is 10.1 Å². The molecular weight excluding hydrogens is 280 g/mol. The summed E-state index contributed by atoms with van der Waals surface area (Å²) in [5.41, 5.74) is 0. The van der Waals surface area contributed by atoms with Crippen LogP contribution in [0.4, 0.5) is 11.8 Å². The van der Waals surface area contributed by atoms with Gasteiger partial charge < -0.3 is 15.1 Å². The van der Waals surface area contributed by atoms with Gasteiger partial charge in [0.2, 0.25) is 12.4 Å². The number of nitrogens with one attached hydrogen (secondary N) is 1. The predicted molar refractivity (Wildman–Crippen MR) is 84.8 cm³/mol. The topological polar surface area (TPSA) is 74.2 Å². The predicted octanol–water partition coefficient (Wildman–Crippen LogP) is 1.28. The molecule has 2 heterocycles. The lowest BCUT2D eigenvalue weighted by molar-refractivity contribution is -0.118. The Morgan fingerprint density at radius 1 is 1.09 bits per heavy atom. The van der Waals surface area contributed by atoms with Gasteiger partial charge in [0.05, 0.1) is 6.20 Å². The van der Waals surface area contributed by atoms with Crippen molar-refractivity contribution in [3.05, 3.63) is 6.20 Å². The van der Waals surface area contributed by atoms with E-state index >= 15 is 0 Å². The fraction of sp³-hybridized carbons (Fsp3) is 0.733. The van der Waals surface area contributed by atoms with E-state index in [4.69, 9.17) is 0 Å². The van der Waals surface area contributed by atoms with Gasteiger partial charge in [-0.05, 0) is 12.8 Å². The van der Waals surface area contributed by atoms with E-state index in [0.717, 1.165) is 25.3 Å². The first-order valence-electron chi connectivity index (χ1n) is 8.26. The molecule has 7 heteroatoms. The molecular formula is C15H24N6O. The number of carbonyl (C=O) groups is 1. The molecule has 1 aliphatic carbocycles. The SMILES string of the molecule is O=CN1CCN(c2nncc(NC3CCCCCC3)n2)CC1. The normalized spacial score (nSPS) is 20.5. The molecule has 1 aromatic heterocycles. The molecule has 120 valence electrons. The van der Waals surface area contributed by atoms with Crippen LogP contribution >= 0.6 is 0 Å². The number of hydrogen-bond acceptors (Lipinski definition) is 6. The van der Waals surface area contributed by atoms with Gasteiger partial charge in [0.25, 0.3) is 0 Å². The van der Waals surface area contributed by atoms with Crippen molar-refractivity contribution in [1.29, 1.82) is 0 Å². The number of nitrogens with zero attached hydrogens (tertiary/aromatic N) is 5. The Kier molecular flexibility index (Phi) is 5.03. The van der Waals surface area contributed by atoms with E-state index in [-0.39, 0.29) is 0 Å². The summed E-state index contributed by atoms with van der Waals surface area (Å²) in [5, 5.41) is 11.7. The Hall–Kier alpha value is -1.92. The molecule has 0 bridgehead atoms. The lowest BCUT2D eigenvalue weighted by atomic mass is 10.1. The van der Waals surface area contributed by atoms with Crippen molar-refractivity contribution < 1.29 is 4.79 Å². The zero-order chi connectivity index (χ0) is 15.2. The molecule has 0 atom stereocenters. The zero-order valence-electron chi connectivity index (χ0n) is 12.9. The standard InChI is InChI=1S/C15H24N6O/c22-12-20-7-9-21(10-8-20)15-18-14(11-16-19-15)17-13-5-3-1-2-4-6-13/h11-13H,1-10H2,(H,17,18,19). The summed E-state index contributed by atoms with van der Waals surface area (Å²) in [4.78, 5) is 19.2. The van der Waals surface area contributed by atoms with Gasteiger partial charge in [-0.3, -0.25) is 4.79 Å². The van der Waals surface area contributed by atoms with Crippen LogP contribution < -0.4 is 10.2 Å². The molecule has 7 nitrogen and oxygen atoms in total. The third-order valence-corrected chi connectivity index (χ3v) is 4.50. The van der Waals surface area contributed by atoms with Gasteiger partial charge in [-0.25, -0.2) is 0 Å². The highest BCUT2D eigenvalue weighted by molar-refractivity contribution is 5.48. The molecule has 1 saturated carbocycles. The highest BCUT2D eigenvalue weighted by Crippen LogP contribution is 2.20. The summed E-state index contributed by atoms with van der Waals surface area (Å²) in [6.45, 7) is 2.95. The summed E-state index contributed by atoms with van der Waals surface area (Å²) < 4.78 is 0. The smallest absolute Gasteiger partial charge is 0.247 e. The first-order valence-corrected chi connectivity index (χ1v) is 8.26. The number of carbonyl (C=O) groups excluding carboxylic acids is 1. The molecule has 1 N–H and O–H groups in total. The molecule has 3 rings (SSSR count). The Balaban J connectivity index is 1.61. The van der Waals surface area contributed by atoms with E-state index in [0.29, 0.717) is 25.1 Å². The van der Waals surface area contributed by atoms with Crippen LogP contribution in [-0.2, 0) is 4.79 Å². The summed E-state index contributed by atoms with van der Waals surface area (Å²) >= 11 is 0. The van der Waals surface area contributed by atoms with Crippen molar-refractivity contribution in [2.24, 2.45) is 0 Å². The van der Waals surface area contributed by atoms with Gasteiger partial charge in [-0.15, -0.1) is 5.10 Å². The van der Waals surface area contributed by atoms with E-state index in [9.17, 15) is 4.79 Å². The summed E-state index contributed by atoms with van der Waals surface area (Å²) in [5.74, 6) is 1.47. The number of amides is 1. The minimum Gasteiger partial charge on any atom is -0.366 e. The van der Waals surface area contributed by atoms with Gasteiger partial charge in [-0.1, -0.05) is 25.7 Å². The molecule has 0 aromatic carbocycles. The number of rotatable bonds is 4. The van der Waals surface area contributed by atoms with Gasteiger partial charge >= 0.3 is 0 Å². The first-order chi connectivity index (χ1) is 10.8. The molecule has 1 saturated heterocycles. The van der Waals surface area contributed by atoms with Crippen molar-refractivity contribution in [2.75, 3.05) is 36.4 Å². The third-order valence-electron chi connectivity index (χ3n) is 4.50. The summed E-state index contributed by atoms with van der Waals surface area (Å²) in [6, 6.07) is 0.499. The van der Waals surface area contributed by atoms with E-state index in [1.54, 1.807) is 11.1 Å². The van der Waals surface area contributed by atoms with Crippen molar-refractivity contribution in [3.63, 3.8) is 0 Å². The van der Waals surface area contributed by atoms with Gasteiger partial charge in [0.1, 0.15) is 0 Å². The largest absolute Gasteiger partial charge is 0.366 e. The first kappa shape index (κ1) is 15.0. The van der Waals surface area contributed by atoms with Crippen molar-refractivity contribution >= 4 is 18.2 Å². The van der Waals surface area contributed by atoms with Crippen molar-refractivity contribution in [1.82, 2.24) is 20.1 Å². The molecule has 0 spiro atoms. The molecule has 1 aliphatic heterocycles. The highest BCUT2D eigenvalue weighted by Gasteiger charge is 2.19. The minimum absolute atomic E-state index is 0.499. The Morgan fingerprint density at radius 2 is 1.82 bits per heavy atom. The molecule has 2 fully saturated rings. The second-order valence-electron chi connectivity index (χ2n) is 6.10. The fourth-order valence-corrected chi connectivity index (χ4v) is 3.16. The van der Waals surface area contributed by atoms with Crippen LogP contribution in [0, 0.1) is 0 Å². The van der Waals surface area contributed by atoms with Crippen LogP contribution in [-0.4, -0.2) is 58.7 Å². The average Bonchev–Trinajstić information content (AvgIpc) is 2.84. The Bertz CT molecular complexity index is 481. The molecule has 22 heavy (non-hydrogen) atoms. The van der Waals surface area contributed by atoms with Crippen LogP contribution in [0.3, 0.4) is 0 Å². The van der Waals surface area contributed by atoms with E-state index in [1.165, 1.54) is 38.5 Å². The van der Waals surface area contributed by atoms with E-state index < -0.39 is 0 Å². The Labute approximate surface area is 131 Å². The fourth-order valence-electron chi connectivity index (χ4n) is 3.16. The van der Waals surface area contributed by atoms with Crippen LogP contribution in [0.15, 0.2) is 6.20 Å². The van der Waals surface area contributed by atoms with Gasteiger partial charge in [0.15, 0.2) is 5.82 Å². The average molecular weight is 304 g/mol. The maximum absolute atomic E-state index is 10.8. The zero-order valence-corrected chi connectivity index (χ0v) is 12.9. The second kappa shape index (κ2) is 7.38. The molecule has 0 radical (unpaired) electrons. The third kappa shape index (κ3) is 3.84. The van der Waals surface area contributed by atoms with Crippen LogP contribution in [0.5, 0.6) is 0 Å². The maximum Gasteiger partial charge on any atom is 0.247 e. The second-order valence-corrected chi connectivity index (χ2v) is 6.10. The number of hydrogen-bond donors (Lipinski definition) is 1. The molecule has 1 amide bonds.